The van der Waals surface area contributed by atoms with Gasteiger partial charge >= 0.3 is 6.03 Å². The zero-order valence-corrected chi connectivity index (χ0v) is 13.3. The van der Waals surface area contributed by atoms with E-state index in [1.54, 1.807) is 23.2 Å². The van der Waals surface area contributed by atoms with Crippen LogP contribution >= 0.6 is 0 Å². The Kier molecular flexibility index (Phi) is 3.27. The largest absolute Gasteiger partial charge is 0.326 e. The third-order valence-electron chi connectivity index (χ3n) is 4.71. The zero-order valence-electron chi connectivity index (χ0n) is 13.3. The number of pyridine rings is 1. The van der Waals surface area contributed by atoms with Crippen LogP contribution in [0.5, 0.6) is 0 Å². The monoisotopic (exact) mass is 321 g/mol. The zero-order chi connectivity index (χ0) is 16.7. The van der Waals surface area contributed by atoms with Gasteiger partial charge in [-0.3, -0.25) is 4.90 Å². The Bertz CT molecular complexity index is 862. The number of carbonyl (C=O) groups is 1. The van der Waals surface area contributed by atoms with Crippen LogP contribution in [0.25, 0.3) is 0 Å². The molecule has 1 aromatic carbocycles. The molecule has 0 radical (unpaired) electrons. The lowest BCUT2D eigenvalue weighted by molar-refractivity contribution is 0.215. The van der Waals surface area contributed by atoms with E-state index in [0.29, 0.717) is 17.9 Å². The van der Waals surface area contributed by atoms with Gasteiger partial charge in [0, 0.05) is 24.4 Å². The lowest BCUT2D eigenvalue weighted by Crippen LogP contribution is -2.32. The SMILES string of the molecule is CN1C(=O)N(c2ccc(C#Cc3cccc(F)c3)cn2)CC12CC2. The van der Waals surface area contributed by atoms with Crippen molar-refractivity contribution in [2.24, 2.45) is 0 Å². The molecule has 1 aliphatic carbocycles. The topological polar surface area (TPSA) is 36.4 Å². The van der Waals surface area contributed by atoms with Gasteiger partial charge in [-0.2, -0.15) is 0 Å². The molecule has 2 aliphatic rings. The van der Waals surface area contributed by atoms with Gasteiger partial charge in [-0.25, -0.2) is 14.2 Å². The van der Waals surface area contributed by atoms with E-state index in [1.165, 1.54) is 12.1 Å². The molecular formula is C19H16FN3O. The summed E-state index contributed by atoms with van der Waals surface area (Å²) in [5.74, 6) is 6.21. The van der Waals surface area contributed by atoms with Gasteiger partial charge < -0.3 is 4.90 Å². The van der Waals surface area contributed by atoms with E-state index in [2.05, 4.69) is 16.8 Å². The van der Waals surface area contributed by atoms with Gasteiger partial charge in [-0.1, -0.05) is 17.9 Å². The molecule has 24 heavy (non-hydrogen) atoms. The number of carbonyl (C=O) groups excluding carboxylic acids is 1. The number of amides is 2. The molecule has 2 heterocycles. The molecule has 1 spiro atoms. The highest BCUT2D eigenvalue weighted by Gasteiger charge is 2.56. The molecule has 2 amide bonds. The summed E-state index contributed by atoms with van der Waals surface area (Å²) in [5.41, 5.74) is 1.37. The number of anilines is 1. The van der Waals surface area contributed by atoms with Crippen LogP contribution in [0.4, 0.5) is 15.0 Å². The highest BCUT2D eigenvalue weighted by molar-refractivity contribution is 5.94. The molecule has 0 bridgehead atoms. The summed E-state index contributed by atoms with van der Waals surface area (Å²) in [4.78, 5) is 20.3. The molecule has 0 N–H and O–H groups in total. The molecule has 4 rings (SSSR count). The summed E-state index contributed by atoms with van der Waals surface area (Å²) in [5, 5.41) is 0. The number of benzene rings is 1. The van der Waals surface area contributed by atoms with Crippen molar-refractivity contribution in [3.63, 3.8) is 0 Å². The predicted octanol–water partition coefficient (Wildman–Crippen LogP) is 3.02. The Balaban J connectivity index is 1.53. The maximum absolute atomic E-state index is 13.1. The van der Waals surface area contributed by atoms with E-state index < -0.39 is 0 Å². The van der Waals surface area contributed by atoms with E-state index in [1.807, 2.05) is 24.1 Å². The van der Waals surface area contributed by atoms with Gasteiger partial charge in [0.15, 0.2) is 0 Å². The first-order chi connectivity index (χ1) is 11.6. The second-order valence-corrected chi connectivity index (χ2v) is 6.32. The first-order valence-electron chi connectivity index (χ1n) is 7.86. The molecular weight excluding hydrogens is 305 g/mol. The van der Waals surface area contributed by atoms with Crippen LogP contribution in [-0.2, 0) is 0 Å². The van der Waals surface area contributed by atoms with E-state index in [-0.39, 0.29) is 17.4 Å². The van der Waals surface area contributed by atoms with Crippen molar-refractivity contribution in [3.8, 4) is 11.8 Å². The van der Waals surface area contributed by atoms with Crippen molar-refractivity contribution in [2.75, 3.05) is 18.5 Å². The Morgan fingerprint density at radius 1 is 1.17 bits per heavy atom. The smallest absolute Gasteiger partial charge is 0.320 e. The third kappa shape index (κ3) is 2.50. The number of urea groups is 1. The molecule has 120 valence electrons. The second-order valence-electron chi connectivity index (χ2n) is 6.32. The van der Waals surface area contributed by atoms with Crippen LogP contribution < -0.4 is 4.90 Å². The molecule has 0 atom stereocenters. The van der Waals surface area contributed by atoms with Crippen LogP contribution in [0.15, 0.2) is 42.6 Å². The molecule has 1 saturated carbocycles. The van der Waals surface area contributed by atoms with Crippen molar-refractivity contribution in [1.29, 1.82) is 0 Å². The average Bonchev–Trinajstić information content (AvgIpc) is 3.33. The Morgan fingerprint density at radius 3 is 2.58 bits per heavy atom. The van der Waals surface area contributed by atoms with Gasteiger partial charge in [0.05, 0.1) is 12.1 Å². The van der Waals surface area contributed by atoms with Crippen molar-refractivity contribution in [2.45, 2.75) is 18.4 Å². The minimum absolute atomic E-state index is 0.00130. The van der Waals surface area contributed by atoms with Crippen LogP contribution in [0.2, 0.25) is 0 Å². The van der Waals surface area contributed by atoms with Crippen molar-refractivity contribution in [3.05, 3.63) is 59.5 Å². The molecule has 2 aromatic rings. The molecule has 4 nitrogen and oxygen atoms in total. The number of hydrogen-bond donors (Lipinski definition) is 0. The van der Waals surface area contributed by atoms with E-state index in [9.17, 15) is 9.18 Å². The second kappa shape index (κ2) is 5.34. The average molecular weight is 321 g/mol. The minimum atomic E-state index is -0.305. The van der Waals surface area contributed by atoms with Crippen LogP contribution in [-0.4, -0.2) is 35.0 Å². The molecule has 5 heteroatoms. The maximum Gasteiger partial charge on any atom is 0.326 e. The first kappa shape index (κ1) is 14.7. The summed E-state index contributed by atoms with van der Waals surface area (Å²) in [6, 6.07) is 9.80. The summed E-state index contributed by atoms with van der Waals surface area (Å²) >= 11 is 0. The lowest BCUT2D eigenvalue weighted by atomic mass is 10.2. The van der Waals surface area contributed by atoms with E-state index >= 15 is 0 Å². The molecule has 1 saturated heterocycles. The van der Waals surface area contributed by atoms with Gasteiger partial charge in [0.1, 0.15) is 11.6 Å². The highest BCUT2D eigenvalue weighted by atomic mass is 19.1. The summed E-state index contributed by atoms with van der Waals surface area (Å²) in [7, 11) is 1.86. The molecule has 2 fully saturated rings. The van der Waals surface area contributed by atoms with Gasteiger partial charge in [-0.15, -0.1) is 0 Å². The van der Waals surface area contributed by atoms with Crippen LogP contribution in [0, 0.1) is 17.7 Å². The lowest BCUT2D eigenvalue weighted by Gasteiger charge is -2.15. The van der Waals surface area contributed by atoms with Crippen molar-refractivity contribution in [1.82, 2.24) is 9.88 Å². The van der Waals surface area contributed by atoms with Gasteiger partial charge in [-0.05, 0) is 43.2 Å². The normalized spacial score (nSPS) is 17.8. The van der Waals surface area contributed by atoms with Gasteiger partial charge in [0.2, 0.25) is 0 Å². The highest BCUT2D eigenvalue weighted by Crippen LogP contribution is 2.46. The standard InChI is InChI=1S/C19H16FN3O/c1-22-18(24)23(13-19(22)9-10-19)17-8-7-15(12-21-17)6-5-14-3-2-4-16(20)11-14/h2-4,7-8,11-12H,9-10,13H2,1H3. The maximum atomic E-state index is 13.1. The number of aromatic nitrogens is 1. The summed E-state index contributed by atoms with van der Waals surface area (Å²) < 4.78 is 13.1. The van der Waals surface area contributed by atoms with E-state index in [4.69, 9.17) is 0 Å². The number of rotatable bonds is 1. The first-order valence-corrected chi connectivity index (χ1v) is 7.86. The molecule has 0 unspecified atom stereocenters. The fourth-order valence-electron chi connectivity index (χ4n) is 3.00. The molecule has 1 aromatic heterocycles. The number of nitrogens with zero attached hydrogens (tertiary/aromatic N) is 3. The quantitative estimate of drug-likeness (QED) is 0.757. The van der Waals surface area contributed by atoms with E-state index in [0.717, 1.165) is 18.4 Å². The minimum Gasteiger partial charge on any atom is -0.320 e. The van der Waals surface area contributed by atoms with Crippen molar-refractivity contribution >= 4 is 11.8 Å². The fraction of sp³-hybridized carbons (Fsp3) is 0.263. The Hall–Kier alpha value is -2.87. The number of hydrogen-bond acceptors (Lipinski definition) is 2. The van der Waals surface area contributed by atoms with Crippen molar-refractivity contribution < 1.29 is 9.18 Å². The summed E-state index contributed by atoms with van der Waals surface area (Å²) in [6.45, 7) is 0.698. The number of halogens is 1. The Labute approximate surface area is 139 Å². The fourth-order valence-corrected chi connectivity index (χ4v) is 3.00. The van der Waals surface area contributed by atoms with Crippen LogP contribution in [0.3, 0.4) is 0 Å². The predicted molar refractivity (Wildman–Crippen MR) is 89.1 cm³/mol. The van der Waals surface area contributed by atoms with Gasteiger partial charge in [0.25, 0.3) is 0 Å². The molecule has 1 aliphatic heterocycles. The third-order valence-corrected chi connectivity index (χ3v) is 4.71. The Morgan fingerprint density at radius 2 is 1.96 bits per heavy atom. The summed E-state index contributed by atoms with van der Waals surface area (Å²) in [6.07, 6.45) is 3.76. The van der Waals surface area contributed by atoms with Crippen LogP contribution in [0.1, 0.15) is 24.0 Å². The number of likely N-dealkylation sites (N-methyl/N-ethyl adjacent to an activating group) is 1.